The smallest absolute Gasteiger partial charge is 0.404 e. The first kappa shape index (κ1) is 21.3. The summed E-state index contributed by atoms with van der Waals surface area (Å²) in [4.78, 5) is 18.3. The Balaban J connectivity index is 1.33. The fraction of sp³-hybridized carbons (Fsp3) is 0.435. The summed E-state index contributed by atoms with van der Waals surface area (Å²) in [6.45, 7) is 0. The Hall–Kier alpha value is -2.52. The van der Waals surface area contributed by atoms with E-state index in [2.05, 4.69) is 28.6 Å². The van der Waals surface area contributed by atoms with Crippen LogP contribution in [0.4, 0.5) is 16.2 Å². The van der Waals surface area contributed by atoms with E-state index in [9.17, 15) is 4.79 Å². The third kappa shape index (κ3) is 5.10. The molecule has 0 unspecified atom stereocenters. The molecule has 7 nitrogen and oxygen atoms in total. The third-order valence-corrected chi connectivity index (χ3v) is 8.48. The average molecular weight is 470 g/mol. The molecule has 3 aromatic rings. The summed E-state index contributed by atoms with van der Waals surface area (Å²) < 4.78 is 6.97. The number of thioether (sulfide) groups is 1. The highest BCUT2D eigenvalue weighted by molar-refractivity contribution is 8.00. The lowest BCUT2D eigenvalue weighted by Crippen LogP contribution is -2.26. The maximum atomic E-state index is 11.0. The van der Waals surface area contributed by atoms with Crippen molar-refractivity contribution < 1.29 is 9.53 Å². The molecular formula is C23H27N5O2S2. The number of carbonyl (C=O) groups is 1. The molecule has 2 aromatic heterocycles. The van der Waals surface area contributed by atoms with E-state index in [0.29, 0.717) is 5.92 Å². The molecule has 0 saturated heterocycles. The molecule has 5 rings (SSSR count). The van der Waals surface area contributed by atoms with Crippen molar-refractivity contribution >= 4 is 40.6 Å². The summed E-state index contributed by atoms with van der Waals surface area (Å²) >= 11 is 3.76. The quantitative estimate of drug-likeness (QED) is 0.463. The number of hydrogen-bond donors (Lipinski definition) is 2. The van der Waals surface area contributed by atoms with Gasteiger partial charge in [0.2, 0.25) is 0 Å². The Morgan fingerprint density at radius 2 is 2.00 bits per heavy atom. The van der Waals surface area contributed by atoms with Crippen LogP contribution in [-0.2, 0) is 11.8 Å². The van der Waals surface area contributed by atoms with Crippen LogP contribution in [0.5, 0.6) is 0 Å². The molecular weight excluding hydrogens is 442 g/mol. The van der Waals surface area contributed by atoms with Crippen molar-refractivity contribution in [3.63, 3.8) is 0 Å². The van der Waals surface area contributed by atoms with Crippen LogP contribution in [0.2, 0.25) is 0 Å². The summed E-state index contributed by atoms with van der Waals surface area (Å²) in [7, 11) is 1.92. The van der Waals surface area contributed by atoms with Crippen LogP contribution in [0.3, 0.4) is 0 Å². The topological polar surface area (TPSA) is 95.1 Å². The van der Waals surface area contributed by atoms with Gasteiger partial charge in [-0.05, 0) is 50.7 Å². The maximum absolute atomic E-state index is 11.0. The minimum Gasteiger partial charge on any atom is -0.446 e. The van der Waals surface area contributed by atoms with Gasteiger partial charge in [-0.2, -0.15) is 5.10 Å². The van der Waals surface area contributed by atoms with Crippen molar-refractivity contribution in [1.82, 2.24) is 14.8 Å². The molecule has 32 heavy (non-hydrogen) atoms. The van der Waals surface area contributed by atoms with Crippen LogP contribution in [-0.4, -0.2) is 32.2 Å². The molecule has 168 valence electrons. The number of hydrogen-bond acceptors (Lipinski definition) is 7. The normalized spacial score (nSPS) is 20.8. The van der Waals surface area contributed by atoms with Gasteiger partial charge in [-0.3, -0.25) is 4.68 Å². The van der Waals surface area contributed by atoms with Crippen LogP contribution in [0.1, 0.15) is 49.5 Å². The van der Waals surface area contributed by atoms with Gasteiger partial charge in [-0.25, -0.2) is 9.78 Å². The molecule has 1 aromatic carbocycles. The SMILES string of the molecule is Cn1cc(Nc2ccc(-c3cnc(C4CCC(OC(N)=O)CC4)s3)c(SC3CC3)c2)cn1. The van der Waals surface area contributed by atoms with E-state index in [0.717, 1.165) is 42.3 Å². The van der Waals surface area contributed by atoms with E-state index in [1.807, 2.05) is 37.4 Å². The number of aromatic nitrogens is 3. The first-order valence-electron chi connectivity index (χ1n) is 11.0. The largest absolute Gasteiger partial charge is 0.446 e. The highest BCUT2D eigenvalue weighted by Gasteiger charge is 2.28. The second-order valence-electron chi connectivity index (χ2n) is 8.53. The van der Waals surface area contributed by atoms with Gasteiger partial charge in [0.15, 0.2) is 0 Å². The molecule has 0 atom stereocenters. The Labute approximate surface area is 195 Å². The van der Waals surface area contributed by atoms with E-state index < -0.39 is 6.09 Å². The second-order valence-corrected chi connectivity index (χ2v) is 10.9. The number of nitrogens with one attached hydrogen (secondary N) is 1. The van der Waals surface area contributed by atoms with Crippen molar-refractivity contribution in [1.29, 1.82) is 0 Å². The fourth-order valence-electron chi connectivity index (χ4n) is 4.11. The van der Waals surface area contributed by atoms with Gasteiger partial charge in [-0.1, -0.05) is 6.07 Å². The van der Waals surface area contributed by atoms with Gasteiger partial charge in [0.1, 0.15) is 6.10 Å². The molecule has 3 N–H and O–H groups in total. The first-order chi connectivity index (χ1) is 15.5. The summed E-state index contributed by atoms with van der Waals surface area (Å²) in [5, 5.41) is 9.59. The zero-order valence-corrected chi connectivity index (χ0v) is 19.6. The fourth-order valence-corrected chi connectivity index (χ4v) is 6.53. The molecule has 2 aliphatic carbocycles. The zero-order chi connectivity index (χ0) is 22.1. The molecule has 9 heteroatoms. The van der Waals surface area contributed by atoms with Crippen LogP contribution < -0.4 is 11.1 Å². The number of thiazole rings is 1. The third-order valence-electron chi connectivity index (χ3n) is 5.89. The van der Waals surface area contributed by atoms with Crippen molar-refractivity contribution in [2.24, 2.45) is 12.8 Å². The molecule has 2 saturated carbocycles. The van der Waals surface area contributed by atoms with Crippen LogP contribution in [0.15, 0.2) is 41.7 Å². The summed E-state index contributed by atoms with van der Waals surface area (Å²) in [5.41, 5.74) is 8.48. The van der Waals surface area contributed by atoms with Crippen molar-refractivity contribution in [2.75, 3.05) is 5.32 Å². The van der Waals surface area contributed by atoms with Crippen LogP contribution in [0, 0.1) is 0 Å². The standard InChI is InChI=1S/C23H27N5O2S2/c1-28-13-16(11-26-28)27-15-4-9-19(20(10-15)31-18-7-8-18)21-12-25-22(32-21)14-2-5-17(6-3-14)30-23(24)29/h4,9-14,17-18,27H,2-3,5-8H2,1H3,(H2,24,29). The Morgan fingerprint density at radius 1 is 1.19 bits per heavy atom. The zero-order valence-electron chi connectivity index (χ0n) is 18.0. The lowest BCUT2D eigenvalue weighted by Gasteiger charge is -2.26. The van der Waals surface area contributed by atoms with Crippen molar-refractivity contribution in [3.05, 3.63) is 41.8 Å². The average Bonchev–Trinajstić information content (AvgIpc) is 3.27. The molecule has 2 fully saturated rings. The lowest BCUT2D eigenvalue weighted by molar-refractivity contribution is 0.0787. The lowest BCUT2D eigenvalue weighted by atomic mass is 9.88. The predicted molar refractivity (Wildman–Crippen MR) is 129 cm³/mol. The number of carbonyl (C=O) groups excluding carboxylic acids is 1. The Kier molecular flexibility index (Phi) is 6.10. The molecule has 0 radical (unpaired) electrons. The number of amides is 1. The van der Waals surface area contributed by atoms with Gasteiger partial charge in [0.25, 0.3) is 0 Å². The number of anilines is 2. The number of aryl methyl sites for hydroxylation is 1. The number of ether oxygens (including phenoxy) is 1. The van der Waals surface area contributed by atoms with Gasteiger partial charge in [-0.15, -0.1) is 23.1 Å². The van der Waals surface area contributed by atoms with Crippen LogP contribution >= 0.6 is 23.1 Å². The summed E-state index contributed by atoms with van der Waals surface area (Å²) in [6.07, 6.45) is 11.3. The molecule has 0 spiro atoms. The maximum Gasteiger partial charge on any atom is 0.404 e. The van der Waals surface area contributed by atoms with Gasteiger partial charge >= 0.3 is 6.09 Å². The number of primary amides is 1. The molecule has 1 amide bonds. The van der Waals surface area contributed by atoms with Gasteiger partial charge < -0.3 is 15.8 Å². The minimum atomic E-state index is -0.674. The number of benzene rings is 1. The molecule has 0 aliphatic heterocycles. The second kappa shape index (κ2) is 9.15. The van der Waals surface area contributed by atoms with Crippen molar-refractivity contribution in [2.45, 2.75) is 60.7 Å². The van der Waals surface area contributed by atoms with Gasteiger partial charge in [0.05, 0.1) is 21.8 Å². The first-order valence-corrected chi connectivity index (χ1v) is 12.7. The Morgan fingerprint density at radius 3 is 2.69 bits per heavy atom. The molecule has 2 heterocycles. The molecule has 0 bridgehead atoms. The number of nitrogens with zero attached hydrogens (tertiary/aromatic N) is 3. The van der Waals surface area contributed by atoms with E-state index >= 15 is 0 Å². The monoisotopic (exact) mass is 469 g/mol. The van der Waals surface area contributed by atoms with E-state index in [1.54, 1.807) is 16.0 Å². The number of nitrogens with two attached hydrogens (primary N) is 1. The predicted octanol–water partition coefficient (Wildman–Crippen LogP) is 5.66. The minimum absolute atomic E-state index is 0.0513. The summed E-state index contributed by atoms with van der Waals surface area (Å²) in [6, 6.07) is 6.58. The summed E-state index contributed by atoms with van der Waals surface area (Å²) in [5.74, 6) is 0.424. The number of rotatable bonds is 7. The van der Waals surface area contributed by atoms with Gasteiger partial charge in [0, 0.05) is 46.8 Å². The highest BCUT2D eigenvalue weighted by Crippen LogP contribution is 2.46. The van der Waals surface area contributed by atoms with Crippen molar-refractivity contribution in [3.8, 4) is 10.4 Å². The van der Waals surface area contributed by atoms with E-state index in [-0.39, 0.29) is 6.10 Å². The van der Waals surface area contributed by atoms with Crippen LogP contribution in [0.25, 0.3) is 10.4 Å². The highest BCUT2D eigenvalue weighted by atomic mass is 32.2. The van der Waals surface area contributed by atoms with E-state index in [1.165, 1.54) is 33.2 Å². The molecule has 2 aliphatic rings. The van der Waals surface area contributed by atoms with E-state index in [4.69, 9.17) is 15.5 Å². The Bertz CT molecular complexity index is 1100.